The minimum absolute atomic E-state index is 0.0238. The van der Waals surface area contributed by atoms with E-state index in [1.54, 1.807) is 48.6 Å². The number of allylic oxidation sites excluding steroid dienone is 2. The Morgan fingerprint density at radius 2 is 2.10 bits per heavy atom. The maximum absolute atomic E-state index is 13.9. The largest absolute Gasteiger partial charge is 0.480 e. The first kappa shape index (κ1) is 25.1. The Hall–Kier alpha value is -4.21. The maximum atomic E-state index is 13.9. The average molecular weight is 531 g/mol. The molecule has 1 amide bonds. The van der Waals surface area contributed by atoms with Crippen LogP contribution in [-0.4, -0.2) is 39.2 Å². The predicted octanol–water partition coefficient (Wildman–Crippen LogP) is 4.70. The number of rotatable bonds is 7. The van der Waals surface area contributed by atoms with Gasteiger partial charge in [0.15, 0.2) is 6.17 Å². The van der Waals surface area contributed by atoms with Gasteiger partial charge in [0.2, 0.25) is 5.90 Å². The number of alkyl halides is 1. The molecule has 7 rings (SSSR count). The topological polar surface area (TPSA) is 103 Å². The molecule has 1 aromatic carbocycles. The first-order valence-electron chi connectivity index (χ1n) is 13.2. The summed E-state index contributed by atoms with van der Waals surface area (Å²) < 4.78 is 22.7. The van der Waals surface area contributed by atoms with E-state index in [9.17, 15) is 14.0 Å². The van der Waals surface area contributed by atoms with Gasteiger partial charge in [-0.3, -0.25) is 9.59 Å². The van der Waals surface area contributed by atoms with E-state index in [-0.39, 0.29) is 17.6 Å². The highest BCUT2D eigenvalue weighted by molar-refractivity contribution is 6.00. The van der Waals surface area contributed by atoms with E-state index in [1.165, 1.54) is 6.92 Å². The average Bonchev–Trinajstić information content (AvgIpc) is 3.20. The summed E-state index contributed by atoms with van der Waals surface area (Å²) >= 11 is 0. The Kier molecular flexibility index (Phi) is 6.12. The number of hydrogen-bond acceptors (Lipinski definition) is 6. The molecule has 3 heterocycles. The Morgan fingerprint density at radius 3 is 2.79 bits per heavy atom. The number of halogens is 1. The van der Waals surface area contributed by atoms with E-state index in [1.807, 2.05) is 19.1 Å². The summed E-state index contributed by atoms with van der Waals surface area (Å²) in [6.07, 6.45) is 9.65. The quantitative estimate of drug-likeness (QED) is 0.461. The van der Waals surface area contributed by atoms with Crippen LogP contribution in [0.3, 0.4) is 0 Å². The summed E-state index contributed by atoms with van der Waals surface area (Å²) in [7, 11) is 1.58. The predicted molar refractivity (Wildman–Crippen MR) is 149 cm³/mol. The van der Waals surface area contributed by atoms with E-state index in [2.05, 4.69) is 20.2 Å². The van der Waals surface area contributed by atoms with Gasteiger partial charge in [0.1, 0.15) is 11.0 Å². The Morgan fingerprint density at radius 1 is 1.31 bits per heavy atom. The van der Waals surface area contributed by atoms with Gasteiger partial charge in [-0.05, 0) is 63.1 Å². The molecule has 0 spiro atoms. The lowest BCUT2D eigenvalue weighted by atomic mass is 9.49. The standard InChI is InChI=1S/C29H31FN6O3/c1-17-7-8-22(27(39-3)31-13-17)34-23-15-35(14-19-5-4-6-21(9-19)33-26(37)18(2)30)28(38)25-24(23)32-16-36(25)29-10-20(11-29)12-29/h4-6,8-9,13,15-16,18,20,34H,7,10-12,14H2,1-3H3,(H,33,37). The number of nitrogens with one attached hydrogen (secondary N) is 2. The maximum Gasteiger partial charge on any atom is 0.277 e. The fourth-order valence-electron chi connectivity index (χ4n) is 5.70. The van der Waals surface area contributed by atoms with Crippen molar-refractivity contribution in [1.82, 2.24) is 14.1 Å². The molecular formula is C29H31FN6O3. The molecule has 3 aromatic rings. The van der Waals surface area contributed by atoms with Crippen LogP contribution in [-0.2, 0) is 21.6 Å². The molecule has 39 heavy (non-hydrogen) atoms. The van der Waals surface area contributed by atoms with Crippen molar-refractivity contribution >= 4 is 34.2 Å². The first-order valence-corrected chi connectivity index (χ1v) is 13.2. The van der Waals surface area contributed by atoms with Crippen LogP contribution in [0.25, 0.3) is 11.0 Å². The van der Waals surface area contributed by atoms with Gasteiger partial charge in [-0.25, -0.2) is 14.4 Å². The Bertz CT molecular complexity index is 1610. The number of carbonyl (C=O) groups is 1. The molecule has 1 aliphatic heterocycles. The van der Waals surface area contributed by atoms with Crippen molar-refractivity contribution in [2.75, 3.05) is 17.7 Å². The summed E-state index contributed by atoms with van der Waals surface area (Å²) in [4.78, 5) is 34.9. The molecular weight excluding hydrogens is 499 g/mol. The van der Waals surface area contributed by atoms with Crippen molar-refractivity contribution in [3.63, 3.8) is 0 Å². The van der Waals surface area contributed by atoms with Crippen LogP contribution in [0.4, 0.5) is 15.8 Å². The van der Waals surface area contributed by atoms with Crippen molar-refractivity contribution in [3.05, 3.63) is 76.3 Å². The highest BCUT2D eigenvalue weighted by atomic mass is 19.1. The van der Waals surface area contributed by atoms with Crippen LogP contribution >= 0.6 is 0 Å². The molecule has 0 saturated heterocycles. The number of anilines is 2. The van der Waals surface area contributed by atoms with Crippen LogP contribution < -0.4 is 16.2 Å². The number of hydrogen-bond donors (Lipinski definition) is 2. The molecule has 4 aliphatic rings. The first-order chi connectivity index (χ1) is 18.8. The van der Waals surface area contributed by atoms with E-state index in [4.69, 9.17) is 9.72 Å². The molecule has 9 nitrogen and oxygen atoms in total. The minimum atomic E-state index is -1.62. The number of carbonyl (C=O) groups excluding carboxylic acids is 1. The lowest BCUT2D eigenvalue weighted by Gasteiger charge is -2.62. The number of imidazole rings is 1. The molecule has 2 aromatic heterocycles. The zero-order valence-electron chi connectivity index (χ0n) is 22.2. The number of aliphatic imine (C=N–C) groups is 1. The lowest BCUT2D eigenvalue weighted by molar-refractivity contribution is -0.120. The third-order valence-electron chi connectivity index (χ3n) is 7.92. The summed E-state index contributed by atoms with van der Waals surface area (Å²) in [6.45, 7) is 3.45. The smallest absolute Gasteiger partial charge is 0.277 e. The summed E-state index contributed by atoms with van der Waals surface area (Å²) in [5.41, 5.74) is 4.72. The molecule has 1 atom stereocenters. The number of amides is 1. The number of pyridine rings is 1. The van der Waals surface area contributed by atoms with Gasteiger partial charge in [0, 0.05) is 23.6 Å². The number of ether oxygens (including phenoxy) is 1. The van der Waals surface area contributed by atoms with Crippen molar-refractivity contribution in [2.24, 2.45) is 10.9 Å². The fraction of sp³-hybridized carbons (Fsp3) is 0.379. The summed E-state index contributed by atoms with van der Waals surface area (Å²) in [5.74, 6) is 0.474. The van der Waals surface area contributed by atoms with Crippen molar-refractivity contribution < 1.29 is 13.9 Å². The zero-order valence-corrected chi connectivity index (χ0v) is 22.2. The monoisotopic (exact) mass is 530 g/mol. The van der Waals surface area contributed by atoms with Gasteiger partial charge in [-0.1, -0.05) is 23.8 Å². The van der Waals surface area contributed by atoms with E-state index in [0.717, 1.165) is 36.3 Å². The summed E-state index contributed by atoms with van der Waals surface area (Å²) in [6, 6.07) is 7.09. The van der Waals surface area contributed by atoms with Gasteiger partial charge in [-0.15, -0.1) is 0 Å². The third-order valence-corrected chi connectivity index (χ3v) is 7.92. The molecule has 2 N–H and O–H groups in total. The van der Waals surface area contributed by atoms with Gasteiger partial charge < -0.3 is 24.5 Å². The molecule has 1 unspecified atom stereocenters. The van der Waals surface area contributed by atoms with Crippen LogP contribution in [0.1, 0.15) is 45.1 Å². The van der Waals surface area contributed by atoms with Gasteiger partial charge in [0.05, 0.1) is 31.4 Å². The normalized spacial score (nSPS) is 22.5. The minimum Gasteiger partial charge on any atom is -0.480 e. The van der Waals surface area contributed by atoms with Crippen molar-refractivity contribution in [2.45, 2.75) is 57.8 Å². The van der Waals surface area contributed by atoms with Crippen LogP contribution in [0.2, 0.25) is 0 Å². The molecule has 3 fully saturated rings. The molecule has 3 aliphatic carbocycles. The SMILES string of the molecule is COC1=NC=C(C)CC=C1Nc1cn(Cc2cccc(NC(=O)C(C)F)c2)c(=O)c2c1ncn2C12CC(C1)C2. The molecule has 202 valence electrons. The number of methoxy groups -OCH3 is 1. The van der Waals surface area contributed by atoms with E-state index in [0.29, 0.717) is 40.4 Å². The molecule has 0 radical (unpaired) electrons. The Labute approximate surface area is 225 Å². The zero-order chi connectivity index (χ0) is 27.3. The number of fused-ring (bicyclic) bond motifs is 1. The number of nitrogens with zero attached hydrogens (tertiary/aromatic N) is 4. The molecule has 2 bridgehead atoms. The van der Waals surface area contributed by atoms with Gasteiger partial charge >= 0.3 is 0 Å². The summed E-state index contributed by atoms with van der Waals surface area (Å²) in [5, 5.41) is 6.02. The van der Waals surface area contributed by atoms with Crippen LogP contribution in [0.5, 0.6) is 0 Å². The van der Waals surface area contributed by atoms with Crippen molar-refractivity contribution in [1.29, 1.82) is 0 Å². The van der Waals surface area contributed by atoms with Crippen molar-refractivity contribution in [3.8, 4) is 0 Å². The highest BCUT2D eigenvalue weighted by Gasteiger charge is 2.58. The van der Waals surface area contributed by atoms with Gasteiger partial charge in [-0.2, -0.15) is 0 Å². The lowest BCUT2D eigenvalue weighted by Crippen LogP contribution is -2.59. The Balaban J connectivity index is 1.41. The number of aromatic nitrogens is 3. The second-order valence-electron chi connectivity index (χ2n) is 10.9. The number of benzene rings is 1. The van der Waals surface area contributed by atoms with Crippen LogP contribution in [0, 0.1) is 5.92 Å². The fourth-order valence-corrected chi connectivity index (χ4v) is 5.70. The highest BCUT2D eigenvalue weighted by Crippen LogP contribution is 2.62. The van der Waals surface area contributed by atoms with E-state index >= 15 is 0 Å². The molecule has 3 saturated carbocycles. The van der Waals surface area contributed by atoms with Crippen LogP contribution in [0.15, 0.2) is 70.1 Å². The third kappa shape index (κ3) is 4.43. The van der Waals surface area contributed by atoms with E-state index < -0.39 is 12.1 Å². The van der Waals surface area contributed by atoms with Gasteiger partial charge in [0.25, 0.3) is 11.5 Å². The second-order valence-corrected chi connectivity index (χ2v) is 10.9. The second kappa shape index (κ2) is 9.52. The molecule has 10 heteroatoms.